The van der Waals surface area contributed by atoms with Crippen LogP contribution >= 0.6 is 0 Å². The summed E-state index contributed by atoms with van der Waals surface area (Å²) in [6, 6.07) is 6.03. The van der Waals surface area contributed by atoms with Crippen molar-refractivity contribution in [1.29, 1.82) is 0 Å². The average Bonchev–Trinajstić information content (AvgIpc) is 2.27. The van der Waals surface area contributed by atoms with Crippen molar-refractivity contribution in [2.75, 3.05) is 25.6 Å². The van der Waals surface area contributed by atoms with E-state index in [9.17, 15) is 4.79 Å². The minimum Gasteiger partial charge on any atom is -0.496 e. The van der Waals surface area contributed by atoms with E-state index in [1.54, 1.807) is 14.0 Å². The Morgan fingerprint density at radius 3 is 2.53 bits per heavy atom. The van der Waals surface area contributed by atoms with E-state index >= 15 is 0 Å². The molecule has 0 amide bonds. The van der Waals surface area contributed by atoms with E-state index in [2.05, 4.69) is 19.9 Å². The van der Waals surface area contributed by atoms with Gasteiger partial charge in [0, 0.05) is 12.7 Å². The summed E-state index contributed by atoms with van der Waals surface area (Å²) in [6.45, 7) is 6.30. The minimum atomic E-state index is 0.161. The second-order valence-electron chi connectivity index (χ2n) is 4.64. The molecule has 94 valence electrons. The summed E-state index contributed by atoms with van der Waals surface area (Å²) in [6.07, 6.45) is 0. The summed E-state index contributed by atoms with van der Waals surface area (Å²) in [5.74, 6) is 1.46. The summed E-state index contributed by atoms with van der Waals surface area (Å²) < 4.78 is 5.34. The minimum absolute atomic E-state index is 0.161. The fourth-order valence-corrected chi connectivity index (χ4v) is 1.84. The molecular weight excluding hydrogens is 214 g/mol. The first kappa shape index (κ1) is 13.6. The standard InChI is InChI=1S/C14H21NO2/c1-10(2)13-8-12(6-7-14(13)17-5)15(4)9-11(3)16/h6-8,10H,9H2,1-5H3. The molecule has 1 rings (SSSR count). The van der Waals surface area contributed by atoms with E-state index in [0.29, 0.717) is 12.5 Å². The van der Waals surface area contributed by atoms with Gasteiger partial charge >= 0.3 is 0 Å². The van der Waals surface area contributed by atoms with Crippen LogP contribution in [0.15, 0.2) is 18.2 Å². The Hall–Kier alpha value is -1.51. The Balaban J connectivity index is 3.03. The maximum Gasteiger partial charge on any atom is 0.149 e. The number of hydrogen-bond donors (Lipinski definition) is 0. The Labute approximate surface area is 103 Å². The number of carbonyl (C=O) groups excluding carboxylic acids is 1. The van der Waals surface area contributed by atoms with Gasteiger partial charge in [0.2, 0.25) is 0 Å². The highest BCUT2D eigenvalue weighted by Gasteiger charge is 2.11. The number of ether oxygens (including phenoxy) is 1. The van der Waals surface area contributed by atoms with Gasteiger partial charge in [0.1, 0.15) is 11.5 Å². The summed E-state index contributed by atoms with van der Waals surface area (Å²) in [7, 11) is 3.60. The molecule has 17 heavy (non-hydrogen) atoms. The van der Waals surface area contributed by atoms with Crippen molar-refractivity contribution in [2.45, 2.75) is 26.7 Å². The third kappa shape index (κ3) is 3.48. The SMILES string of the molecule is COc1ccc(N(C)CC(C)=O)cc1C(C)C. The maximum atomic E-state index is 11.1. The molecule has 0 radical (unpaired) electrons. The number of hydrogen-bond acceptors (Lipinski definition) is 3. The molecule has 0 heterocycles. The number of methoxy groups -OCH3 is 1. The van der Waals surface area contributed by atoms with Crippen LogP contribution in [0.1, 0.15) is 32.3 Å². The number of carbonyl (C=O) groups is 1. The molecule has 0 bridgehead atoms. The number of benzene rings is 1. The fraction of sp³-hybridized carbons (Fsp3) is 0.500. The van der Waals surface area contributed by atoms with E-state index < -0.39 is 0 Å². The lowest BCUT2D eigenvalue weighted by atomic mass is 10.0. The molecule has 0 spiro atoms. The smallest absolute Gasteiger partial charge is 0.149 e. The van der Waals surface area contributed by atoms with Crippen molar-refractivity contribution < 1.29 is 9.53 Å². The van der Waals surface area contributed by atoms with Crippen LogP contribution in [-0.2, 0) is 4.79 Å². The van der Waals surface area contributed by atoms with Crippen LogP contribution in [0.4, 0.5) is 5.69 Å². The van der Waals surface area contributed by atoms with Gasteiger partial charge < -0.3 is 9.64 Å². The predicted octanol–water partition coefficient (Wildman–Crippen LogP) is 2.84. The van der Waals surface area contributed by atoms with Crippen LogP contribution < -0.4 is 9.64 Å². The number of rotatable bonds is 5. The number of ketones is 1. The van der Waals surface area contributed by atoms with Gasteiger partial charge in [-0.15, -0.1) is 0 Å². The topological polar surface area (TPSA) is 29.5 Å². The van der Waals surface area contributed by atoms with Gasteiger partial charge in [0.15, 0.2) is 0 Å². The second kappa shape index (κ2) is 5.71. The molecule has 0 aliphatic heterocycles. The largest absolute Gasteiger partial charge is 0.496 e. The monoisotopic (exact) mass is 235 g/mol. The van der Waals surface area contributed by atoms with Crippen LogP contribution in [0.2, 0.25) is 0 Å². The molecule has 1 aromatic rings. The highest BCUT2D eigenvalue weighted by molar-refractivity contribution is 5.81. The lowest BCUT2D eigenvalue weighted by molar-refractivity contribution is -0.115. The molecule has 0 saturated carbocycles. The van der Waals surface area contributed by atoms with Crippen LogP contribution in [0.25, 0.3) is 0 Å². The van der Waals surface area contributed by atoms with Gasteiger partial charge in [-0.2, -0.15) is 0 Å². The van der Waals surface area contributed by atoms with Gasteiger partial charge in [0.25, 0.3) is 0 Å². The average molecular weight is 235 g/mol. The first-order chi connectivity index (χ1) is 7.95. The van der Waals surface area contributed by atoms with Crippen molar-refractivity contribution in [2.24, 2.45) is 0 Å². The molecule has 3 heteroatoms. The predicted molar refractivity (Wildman–Crippen MR) is 71.0 cm³/mol. The molecule has 0 aromatic heterocycles. The summed E-state index contributed by atoms with van der Waals surface area (Å²) in [5, 5.41) is 0. The highest BCUT2D eigenvalue weighted by atomic mass is 16.5. The summed E-state index contributed by atoms with van der Waals surface area (Å²) >= 11 is 0. The number of nitrogens with zero attached hydrogens (tertiary/aromatic N) is 1. The number of likely N-dealkylation sites (N-methyl/N-ethyl adjacent to an activating group) is 1. The van der Waals surface area contributed by atoms with Gasteiger partial charge in [-0.25, -0.2) is 0 Å². The molecule has 0 aliphatic rings. The Kier molecular flexibility index (Phi) is 4.55. The zero-order valence-electron chi connectivity index (χ0n) is 11.3. The van der Waals surface area contributed by atoms with Crippen molar-refractivity contribution in [3.05, 3.63) is 23.8 Å². The Morgan fingerprint density at radius 1 is 1.41 bits per heavy atom. The van der Waals surface area contributed by atoms with E-state index in [-0.39, 0.29) is 5.78 Å². The van der Waals surface area contributed by atoms with Crippen LogP contribution in [-0.4, -0.2) is 26.5 Å². The van der Waals surface area contributed by atoms with E-state index in [0.717, 1.165) is 11.4 Å². The van der Waals surface area contributed by atoms with E-state index in [1.807, 2.05) is 24.1 Å². The highest BCUT2D eigenvalue weighted by Crippen LogP contribution is 2.30. The third-order valence-corrected chi connectivity index (χ3v) is 2.74. The lowest BCUT2D eigenvalue weighted by Gasteiger charge is -2.20. The first-order valence-corrected chi connectivity index (χ1v) is 5.84. The molecular formula is C14H21NO2. The quantitative estimate of drug-likeness (QED) is 0.786. The molecule has 0 fully saturated rings. The van der Waals surface area contributed by atoms with Crippen molar-refractivity contribution in [3.63, 3.8) is 0 Å². The molecule has 0 unspecified atom stereocenters. The zero-order valence-corrected chi connectivity index (χ0v) is 11.3. The number of anilines is 1. The zero-order chi connectivity index (χ0) is 13.0. The lowest BCUT2D eigenvalue weighted by Crippen LogP contribution is -2.23. The molecule has 0 saturated heterocycles. The van der Waals surface area contributed by atoms with Gasteiger partial charge in [-0.05, 0) is 36.6 Å². The summed E-state index contributed by atoms with van der Waals surface area (Å²) in [5.41, 5.74) is 2.21. The van der Waals surface area contributed by atoms with Gasteiger partial charge in [0.05, 0.1) is 13.7 Å². The molecule has 3 nitrogen and oxygen atoms in total. The molecule has 0 aliphatic carbocycles. The molecule has 0 atom stereocenters. The Morgan fingerprint density at radius 2 is 2.06 bits per heavy atom. The summed E-state index contributed by atoms with van der Waals surface area (Å²) in [4.78, 5) is 13.1. The normalized spacial score (nSPS) is 10.5. The maximum absolute atomic E-state index is 11.1. The van der Waals surface area contributed by atoms with Crippen LogP contribution in [0.3, 0.4) is 0 Å². The van der Waals surface area contributed by atoms with Crippen molar-refractivity contribution in [3.8, 4) is 5.75 Å². The fourth-order valence-electron chi connectivity index (χ4n) is 1.84. The van der Waals surface area contributed by atoms with Crippen LogP contribution in [0.5, 0.6) is 5.75 Å². The van der Waals surface area contributed by atoms with Gasteiger partial charge in [-0.3, -0.25) is 4.79 Å². The number of Topliss-reactive ketones (excluding diaryl/α,β-unsaturated/α-hetero) is 1. The van der Waals surface area contributed by atoms with Crippen molar-refractivity contribution >= 4 is 11.5 Å². The van der Waals surface area contributed by atoms with Crippen molar-refractivity contribution in [1.82, 2.24) is 0 Å². The molecule has 0 N–H and O–H groups in total. The van der Waals surface area contributed by atoms with E-state index in [4.69, 9.17) is 4.74 Å². The van der Waals surface area contributed by atoms with Crippen LogP contribution in [0, 0.1) is 0 Å². The second-order valence-corrected chi connectivity index (χ2v) is 4.64. The Bertz CT molecular complexity index is 399. The third-order valence-electron chi connectivity index (χ3n) is 2.74. The molecule has 1 aromatic carbocycles. The van der Waals surface area contributed by atoms with E-state index in [1.165, 1.54) is 5.56 Å². The van der Waals surface area contributed by atoms with Gasteiger partial charge in [-0.1, -0.05) is 13.8 Å². The first-order valence-electron chi connectivity index (χ1n) is 5.84.